The second kappa shape index (κ2) is 7.24. The molecule has 0 saturated carbocycles. The molecule has 108 valence electrons. The Balaban J connectivity index is 1.47. The van der Waals surface area contributed by atoms with E-state index in [2.05, 4.69) is 77.7 Å². The van der Waals surface area contributed by atoms with E-state index in [1.807, 2.05) is 0 Å². The van der Waals surface area contributed by atoms with Crippen molar-refractivity contribution in [2.24, 2.45) is 0 Å². The lowest BCUT2D eigenvalue weighted by Crippen LogP contribution is -2.32. The van der Waals surface area contributed by atoms with Crippen molar-refractivity contribution in [3.05, 3.63) is 77.9 Å². The molecule has 1 nitrogen and oxygen atoms in total. The second-order valence-corrected chi connectivity index (χ2v) is 5.80. The highest BCUT2D eigenvalue weighted by Gasteiger charge is 2.19. The molecule has 2 aromatic rings. The Morgan fingerprint density at radius 3 is 2.14 bits per heavy atom. The smallest absolute Gasteiger partial charge is 0.0166 e. The molecule has 0 amide bonds. The van der Waals surface area contributed by atoms with Crippen LogP contribution in [0.25, 0.3) is 6.08 Å². The van der Waals surface area contributed by atoms with Gasteiger partial charge in [0, 0.05) is 6.54 Å². The number of benzene rings is 2. The number of rotatable bonds is 4. The lowest BCUT2D eigenvalue weighted by Gasteiger charge is -2.31. The summed E-state index contributed by atoms with van der Waals surface area (Å²) in [6, 6.07) is 21.5. The summed E-state index contributed by atoms with van der Waals surface area (Å²) < 4.78 is 0. The summed E-state index contributed by atoms with van der Waals surface area (Å²) in [7, 11) is 0. The van der Waals surface area contributed by atoms with Crippen LogP contribution in [0.3, 0.4) is 0 Å². The van der Waals surface area contributed by atoms with Gasteiger partial charge in [-0.15, -0.1) is 0 Å². The van der Waals surface area contributed by atoms with Gasteiger partial charge in [-0.2, -0.15) is 0 Å². The van der Waals surface area contributed by atoms with Crippen LogP contribution in [-0.2, 0) is 0 Å². The van der Waals surface area contributed by atoms with Gasteiger partial charge in [0.05, 0.1) is 0 Å². The zero-order valence-electron chi connectivity index (χ0n) is 12.5. The van der Waals surface area contributed by atoms with Crippen LogP contribution in [0.4, 0.5) is 0 Å². The maximum Gasteiger partial charge on any atom is 0.0166 e. The molecule has 1 fully saturated rings. The van der Waals surface area contributed by atoms with E-state index < -0.39 is 0 Å². The normalized spacial score (nSPS) is 17.3. The zero-order chi connectivity index (χ0) is 14.3. The molecule has 21 heavy (non-hydrogen) atoms. The molecule has 0 bridgehead atoms. The third-order valence-corrected chi connectivity index (χ3v) is 4.33. The van der Waals surface area contributed by atoms with Crippen LogP contribution in [0, 0.1) is 0 Å². The Labute approximate surface area is 127 Å². The van der Waals surface area contributed by atoms with Crippen molar-refractivity contribution in [2.45, 2.75) is 18.8 Å². The summed E-state index contributed by atoms with van der Waals surface area (Å²) in [6.07, 6.45) is 7.08. The van der Waals surface area contributed by atoms with Gasteiger partial charge < -0.3 is 0 Å². The minimum absolute atomic E-state index is 0.751. The average Bonchev–Trinajstić information content (AvgIpc) is 2.57. The van der Waals surface area contributed by atoms with Gasteiger partial charge in [-0.1, -0.05) is 72.8 Å². The fourth-order valence-electron chi connectivity index (χ4n) is 3.08. The molecule has 1 aliphatic rings. The molecular weight excluding hydrogens is 254 g/mol. The highest BCUT2D eigenvalue weighted by molar-refractivity contribution is 5.48. The van der Waals surface area contributed by atoms with Gasteiger partial charge in [0.15, 0.2) is 0 Å². The van der Waals surface area contributed by atoms with E-state index in [4.69, 9.17) is 0 Å². The molecule has 2 aromatic carbocycles. The highest BCUT2D eigenvalue weighted by atomic mass is 15.1. The minimum atomic E-state index is 0.751. The van der Waals surface area contributed by atoms with Crippen LogP contribution in [0.2, 0.25) is 0 Å². The predicted octanol–water partition coefficient (Wildman–Crippen LogP) is 4.58. The van der Waals surface area contributed by atoms with Crippen molar-refractivity contribution in [1.29, 1.82) is 0 Å². The molecule has 0 aliphatic carbocycles. The first-order chi connectivity index (χ1) is 10.4. The number of hydrogen-bond acceptors (Lipinski definition) is 1. The van der Waals surface area contributed by atoms with Gasteiger partial charge in [0.25, 0.3) is 0 Å². The van der Waals surface area contributed by atoms with Gasteiger partial charge in [-0.3, -0.25) is 4.90 Å². The van der Waals surface area contributed by atoms with E-state index in [1.165, 1.54) is 37.1 Å². The first-order valence-electron chi connectivity index (χ1n) is 7.91. The first-order valence-corrected chi connectivity index (χ1v) is 7.91. The molecule has 1 saturated heterocycles. The van der Waals surface area contributed by atoms with Gasteiger partial charge in [-0.05, 0) is 43.0 Å². The van der Waals surface area contributed by atoms with Crippen LogP contribution in [0.1, 0.15) is 29.9 Å². The summed E-state index contributed by atoms with van der Waals surface area (Å²) in [4.78, 5) is 2.55. The molecule has 0 spiro atoms. The topological polar surface area (TPSA) is 3.24 Å². The van der Waals surface area contributed by atoms with Crippen LogP contribution in [0.15, 0.2) is 66.7 Å². The molecule has 3 rings (SSSR count). The summed E-state index contributed by atoms with van der Waals surface area (Å²) in [5.74, 6) is 0.751. The van der Waals surface area contributed by atoms with E-state index in [9.17, 15) is 0 Å². The maximum atomic E-state index is 2.55. The Kier molecular flexibility index (Phi) is 4.86. The van der Waals surface area contributed by atoms with E-state index >= 15 is 0 Å². The van der Waals surface area contributed by atoms with Crippen LogP contribution < -0.4 is 0 Å². The highest BCUT2D eigenvalue weighted by Crippen LogP contribution is 2.27. The summed E-state index contributed by atoms with van der Waals surface area (Å²) in [6.45, 7) is 3.48. The average molecular weight is 277 g/mol. The standard InChI is InChI=1S/C20H23N/c1-3-8-18(9-4-1)10-7-15-21-16-13-20(14-17-21)19-11-5-2-6-12-19/h1-12,20H,13-17H2/b10-7+. The first kappa shape index (κ1) is 14.1. The molecule has 0 atom stereocenters. The lowest BCUT2D eigenvalue weighted by atomic mass is 9.89. The summed E-state index contributed by atoms with van der Waals surface area (Å²) >= 11 is 0. The third kappa shape index (κ3) is 4.05. The fraction of sp³-hybridized carbons (Fsp3) is 0.300. The van der Waals surface area contributed by atoms with Crippen LogP contribution in [0.5, 0.6) is 0 Å². The molecule has 0 N–H and O–H groups in total. The molecular formula is C20H23N. The van der Waals surface area contributed by atoms with Gasteiger partial charge >= 0.3 is 0 Å². The van der Waals surface area contributed by atoms with Crippen molar-refractivity contribution in [3.8, 4) is 0 Å². The van der Waals surface area contributed by atoms with Gasteiger partial charge in [0.2, 0.25) is 0 Å². The Hall–Kier alpha value is -1.86. The molecule has 0 radical (unpaired) electrons. The minimum Gasteiger partial charge on any atom is -0.300 e. The van der Waals surface area contributed by atoms with Crippen LogP contribution in [-0.4, -0.2) is 24.5 Å². The quantitative estimate of drug-likeness (QED) is 0.790. The van der Waals surface area contributed by atoms with E-state index in [1.54, 1.807) is 0 Å². The molecule has 0 unspecified atom stereocenters. The van der Waals surface area contributed by atoms with E-state index in [0.29, 0.717) is 0 Å². The lowest BCUT2D eigenvalue weighted by molar-refractivity contribution is 0.233. The molecule has 1 heteroatoms. The van der Waals surface area contributed by atoms with Gasteiger partial charge in [0.1, 0.15) is 0 Å². The van der Waals surface area contributed by atoms with E-state index in [-0.39, 0.29) is 0 Å². The molecule has 0 aromatic heterocycles. The van der Waals surface area contributed by atoms with Crippen molar-refractivity contribution in [3.63, 3.8) is 0 Å². The monoisotopic (exact) mass is 277 g/mol. The number of likely N-dealkylation sites (tertiary alicyclic amines) is 1. The van der Waals surface area contributed by atoms with Crippen molar-refractivity contribution < 1.29 is 0 Å². The zero-order valence-corrected chi connectivity index (χ0v) is 12.5. The van der Waals surface area contributed by atoms with Crippen molar-refractivity contribution in [1.82, 2.24) is 4.90 Å². The largest absolute Gasteiger partial charge is 0.300 e. The SMILES string of the molecule is C(=C\c1ccccc1)/CN1CCC(c2ccccc2)CC1. The third-order valence-electron chi connectivity index (χ3n) is 4.33. The fourth-order valence-corrected chi connectivity index (χ4v) is 3.08. The van der Waals surface area contributed by atoms with Crippen molar-refractivity contribution >= 4 is 6.08 Å². The predicted molar refractivity (Wildman–Crippen MR) is 90.3 cm³/mol. The Bertz CT molecular complexity index is 551. The number of hydrogen-bond donors (Lipinski definition) is 0. The van der Waals surface area contributed by atoms with Crippen molar-refractivity contribution in [2.75, 3.05) is 19.6 Å². The summed E-state index contributed by atoms with van der Waals surface area (Å²) in [5.41, 5.74) is 2.80. The molecule has 1 aliphatic heterocycles. The number of piperidine rings is 1. The summed E-state index contributed by atoms with van der Waals surface area (Å²) in [5, 5.41) is 0. The second-order valence-electron chi connectivity index (χ2n) is 5.80. The van der Waals surface area contributed by atoms with Gasteiger partial charge in [-0.25, -0.2) is 0 Å². The Morgan fingerprint density at radius 1 is 0.857 bits per heavy atom. The Morgan fingerprint density at radius 2 is 1.48 bits per heavy atom. The van der Waals surface area contributed by atoms with E-state index in [0.717, 1.165) is 12.5 Å². The van der Waals surface area contributed by atoms with Crippen LogP contribution >= 0.6 is 0 Å². The molecule has 1 heterocycles. The maximum absolute atomic E-state index is 2.55. The number of nitrogens with zero attached hydrogens (tertiary/aromatic N) is 1.